The zero-order valence-corrected chi connectivity index (χ0v) is 100. The number of aliphatic hydroxyl groups is 9. The van der Waals surface area contributed by atoms with Crippen molar-refractivity contribution in [3.05, 3.63) is 0 Å². The van der Waals surface area contributed by atoms with Gasteiger partial charge in [0.25, 0.3) is 0 Å². The predicted molar refractivity (Wildman–Crippen MR) is 498 cm³/mol. The fourth-order valence-corrected chi connectivity index (χ4v) is 13.1. The van der Waals surface area contributed by atoms with E-state index >= 15 is 0 Å². The average molecular weight is 3100 g/mol. The monoisotopic (exact) mass is 3100 g/mol. The van der Waals surface area contributed by atoms with Crippen molar-refractivity contribution in [1.29, 1.82) is 0 Å². The maximum absolute atomic E-state index is 10.5. The van der Waals surface area contributed by atoms with Gasteiger partial charge < -0.3 is 46.0 Å². The van der Waals surface area contributed by atoms with Gasteiger partial charge in [0.2, 0.25) is 0 Å². The summed E-state index contributed by atoms with van der Waals surface area (Å²) in [6, 6.07) is 0.806. The summed E-state index contributed by atoms with van der Waals surface area (Å²) in [4.78, 5) is 38.1. The minimum atomic E-state index is -0.709. The molecule has 0 heterocycles. The third-order valence-electron chi connectivity index (χ3n) is 20.7. The first-order valence-electron chi connectivity index (χ1n) is 44.0. The zero-order valence-electron chi connectivity index (χ0n) is 84.1. The van der Waals surface area contributed by atoms with Crippen molar-refractivity contribution in [2.24, 2.45) is 62.7 Å². The van der Waals surface area contributed by atoms with Gasteiger partial charge in [-0.3, -0.25) is 44.9 Å². The minimum Gasteiger partial charge on any atom is -0.384 e. The molecule has 0 rings (SSSR count). The van der Waals surface area contributed by atoms with Crippen molar-refractivity contribution in [1.82, 2.24) is 0 Å². The molecule has 0 aromatic heterocycles. The van der Waals surface area contributed by atoms with Gasteiger partial charge in [-0.1, -0.05) is 202 Å². The molecule has 0 aromatic rings. The maximum atomic E-state index is 10.5. The van der Waals surface area contributed by atoms with Crippen LogP contribution in [0.1, 0.15) is 424 Å². The number of nitrogens with zero attached hydrogens (tertiary/aromatic N) is 9. The van der Waals surface area contributed by atoms with Gasteiger partial charge in [0.15, 0.2) is 0 Å². The molecule has 0 aliphatic carbocycles. The average Bonchev–Trinajstić information content (AvgIpc) is 0.837. The SMILES string of the molecule is CCCC(C)(O)C(C)=NC.CCCC(C)(O)C(C)=NC(C)C.CCCC(C)(O)C(C)=NCC.CCCC(O)(C(C)=NC(C)C)C(C)C.CCCC(O)(C(C)=NC)C(C)C.CCCC(O)(C(C)=NCC)C(C)C.CCCC(O)(CCC)C(C)=NC.CCCC(O)(CCC)C(C)=NC(C)C.CCCC(O)(CCC)C(C)=NCC.[Tm].[Tm].[Tm].[Tm].[Tm].[Tm].[Tm].[Tm].[Tm]. The first-order chi connectivity index (χ1) is 51.0. The fraction of sp³-hybridized carbons (Fsp3) is 0.903. The van der Waals surface area contributed by atoms with Crippen LogP contribution in [0.5, 0.6) is 0 Å². The van der Waals surface area contributed by atoms with Crippen LogP contribution in [0.3, 0.4) is 0 Å². The Kier molecular flexibility index (Phi) is 140. The molecule has 27 heteroatoms. The molecule has 9 radical (unpaired) electrons. The van der Waals surface area contributed by atoms with Crippen LogP contribution < -0.4 is 0 Å². The van der Waals surface area contributed by atoms with Crippen molar-refractivity contribution in [3.63, 3.8) is 0 Å². The van der Waals surface area contributed by atoms with Crippen molar-refractivity contribution < 1.29 is 378 Å². The van der Waals surface area contributed by atoms with Crippen LogP contribution in [0, 0.1) is 350 Å². The van der Waals surface area contributed by atoms with Gasteiger partial charge in [-0.15, -0.1) is 0 Å². The van der Waals surface area contributed by atoms with Crippen molar-refractivity contribution in [2.75, 3.05) is 40.8 Å². The van der Waals surface area contributed by atoms with Crippen LogP contribution in [0.2, 0.25) is 0 Å². The molecule has 0 aliphatic rings. The Morgan fingerprint density at radius 3 is 0.625 bits per heavy atom. The molecule has 0 saturated carbocycles. The Hall–Kier alpha value is 7.77. The second kappa shape index (κ2) is 98.4. The van der Waals surface area contributed by atoms with Crippen LogP contribution in [-0.4, -0.2) is 207 Å². The van der Waals surface area contributed by atoms with Crippen LogP contribution in [0.25, 0.3) is 0 Å². The smallest absolute Gasteiger partial charge is 0.104 e. The molecular weight excluding hydrogens is 2910 g/mol. The van der Waals surface area contributed by atoms with Gasteiger partial charge >= 0.3 is 0 Å². The third-order valence-corrected chi connectivity index (χ3v) is 20.7. The van der Waals surface area contributed by atoms with E-state index in [0.717, 1.165) is 225 Å². The van der Waals surface area contributed by atoms with Crippen molar-refractivity contribution >= 4 is 51.4 Å². The minimum absolute atomic E-state index is 0. The van der Waals surface area contributed by atoms with Gasteiger partial charge in [0.1, 0.15) is 33.6 Å². The molecule has 9 N–H and O–H groups in total. The van der Waals surface area contributed by atoms with E-state index in [1.807, 2.05) is 166 Å². The van der Waals surface area contributed by atoms with Crippen molar-refractivity contribution in [2.45, 2.75) is 493 Å². The number of hydrogen-bond acceptors (Lipinski definition) is 18. The maximum Gasteiger partial charge on any atom is 0.104 e. The van der Waals surface area contributed by atoms with Gasteiger partial charge in [-0.05, 0) is 240 Å². The van der Waals surface area contributed by atoms with Crippen LogP contribution >= 0.6 is 0 Å². The van der Waals surface area contributed by atoms with E-state index in [9.17, 15) is 46.0 Å². The molecular formula is C93H195N9O9Tm9. The van der Waals surface area contributed by atoms with Gasteiger partial charge in [0.05, 0.1) is 16.8 Å². The summed E-state index contributed by atoms with van der Waals surface area (Å²) < 4.78 is 0. The topological polar surface area (TPSA) is 293 Å². The van der Waals surface area contributed by atoms with E-state index < -0.39 is 50.4 Å². The molecule has 0 bridgehead atoms. The number of hydrogen-bond donors (Lipinski definition) is 9. The molecule has 783 valence electrons. The van der Waals surface area contributed by atoms with Crippen LogP contribution in [0.4, 0.5) is 0 Å². The number of rotatable bonds is 42. The Bertz CT molecular complexity index is 2570. The molecule has 0 saturated heterocycles. The Morgan fingerprint density at radius 1 is 0.217 bits per heavy atom. The first-order valence-corrected chi connectivity index (χ1v) is 44.0. The second-order valence-corrected chi connectivity index (χ2v) is 33.2. The summed E-state index contributed by atoms with van der Waals surface area (Å²) in [6.45, 7) is 80.4. The third kappa shape index (κ3) is 81.7. The van der Waals surface area contributed by atoms with Crippen molar-refractivity contribution in [3.8, 4) is 0 Å². The fourth-order valence-electron chi connectivity index (χ4n) is 13.1. The summed E-state index contributed by atoms with van der Waals surface area (Å²) >= 11 is 0. The summed E-state index contributed by atoms with van der Waals surface area (Å²) in [5, 5.41) is 91.2. The molecule has 18 nitrogen and oxygen atoms in total. The van der Waals surface area contributed by atoms with E-state index in [0.29, 0.717) is 0 Å². The molecule has 6 atom stereocenters. The molecule has 0 aromatic carbocycles. The van der Waals surface area contributed by atoms with Gasteiger partial charge in [-0.25, -0.2) is 0 Å². The van der Waals surface area contributed by atoms with E-state index in [4.69, 9.17) is 0 Å². The normalized spacial score (nSPS) is 15.2. The first kappa shape index (κ1) is 170. The Labute approximate surface area is 1010 Å². The molecule has 0 aliphatic heterocycles. The van der Waals surface area contributed by atoms with Gasteiger partial charge in [0, 0.05) is 442 Å². The molecule has 6 unspecified atom stereocenters. The predicted octanol–water partition coefficient (Wildman–Crippen LogP) is 22.4. The van der Waals surface area contributed by atoms with E-state index in [2.05, 4.69) is 142 Å². The Balaban J connectivity index is -0.0000000605. The van der Waals surface area contributed by atoms with Gasteiger partial charge in [-0.2, -0.15) is 0 Å². The molecule has 120 heavy (non-hydrogen) atoms. The largest absolute Gasteiger partial charge is 0.384 e. The molecule has 0 amide bonds. The second-order valence-electron chi connectivity index (χ2n) is 33.2. The summed E-state index contributed by atoms with van der Waals surface area (Å²) in [6.07, 6.45) is 21.7. The quantitative estimate of drug-likeness (QED) is 0.0262. The van der Waals surface area contributed by atoms with E-state index in [1.165, 1.54) is 0 Å². The van der Waals surface area contributed by atoms with E-state index in [-0.39, 0.29) is 368 Å². The van der Waals surface area contributed by atoms with Crippen LogP contribution in [0.15, 0.2) is 44.9 Å². The standard InChI is InChI=1S/2C12H25NO.2C11H23NO.3C10H21NO.C9H19NO.C8H17NO.9Tm/c1-7-8-12(14,9(2)3)11(6)13-10(4)5;1-6-8-12(14,9-7-2)11(5)13-10(3)4;1-6-8-11(13,9(3)4)10(5)12-7-2;1-5-8-11(13,9-6-2)10(4)12-7-3;1-6-7-10(12,8(2)3)9(4)11-5;1-6-7-10(5,12)9(4)11-8(2)3;1-5-7-10(12,8-6-2)9(3)11-4;1-5-7-9(4,11)8(3)10-6-2;1-5-6-8(3,10)7(2)9-4;;;;;;;;;/h9-10,14H,7-8H2,1-6H3;10,14H,6-9H2,1-5H3;9,13H,6-8H2,1-5H3;13H,5-9H2,1-4H3;2*8,12H,6-7H2,1-5H3;12H,5-8H2,1-4H3;11H,5-7H2,1-4H3;10H,5-6H2,1-4H3;;;;;;;;;. The molecule has 0 spiro atoms. The number of aliphatic imine (C=N–C) groups is 9. The Morgan fingerprint density at radius 2 is 0.400 bits per heavy atom. The van der Waals surface area contributed by atoms with E-state index in [1.54, 1.807) is 28.1 Å². The van der Waals surface area contributed by atoms with Crippen LogP contribution in [-0.2, 0) is 0 Å². The summed E-state index contributed by atoms with van der Waals surface area (Å²) in [5.41, 5.74) is 1.67. The zero-order chi connectivity index (χ0) is 89.6. The summed E-state index contributed by atoms with van der Waals surface area (Å²) in [7, 11) is 5.18. The summed E-state index contributed by atoms with van der Waals surface area (Å²) in [5.74, 6) is 0.703. The molecule has 0 fully saturated rings.